The Morgan fingerprint density at radius 2 is 1.87 bits per heavy atom. The lowest BCUT2D eigenvalue weighted by molar-refractivity contribution is 0.221. The lowest BCUT2D eigenvalue weighted by atomic mass is 9.79. The van der Waals surface area contributed by atoms with E-state index >= 15 is 8.78 Å². The highest BCUT2D eigenvalue weighted by Crippen LogP contribution is 2.36. The van der Waals surface area contributed by atoms with Gasteiger partial charge < -0.3 is 14.8 Å². The molecule has 2 saturated heterocycles. The molecule has 1 N–H and O–H groups in total. The molecule has 4 heterocycles. The quantitative estimate of drug-likeness (QED) is 0.661. The number of piperidine rings is 2. The molecule has 0 saturated carbocycles. The van der Waals surface area contributed by atoms with E-state index in [0.29, 0.717) is 31.5 Å². The molecule has 5 nitrogen and oxygen atoms in total. The van der Waals surface area contributed by atoms with Crippen molar-refractivity contribution in [2.75, 3.05) is 31.1 Å². The van der Waals surface area contributed by atoms with E-state index < -0.39 is 11.6 Å². The summed E-state index contributed by atoms with van der Waals surface area (Å²) in [4.78, 5) is 18.5. The zero-order chi connectivity index (χ0) is 21.4. The largest absolute Gasteiger partial charge is 0.367 e. The van der Waals surface area contributed by atoms with E-state index in [1.54, 1.807) is 17.0 Å². The van der Waals surface area contributed by atoms with Crippen LogP contribution in [0, 0.1) is 23.5 Å². The zero-order valence-corrected chi connectivity index (χ0v) is 18.1. The van der Waals surface area contributed by atoms with E-state index in [1.807, 2.05) is 10.3 Å². The lowest BCUT2D eigenvalue weighted by Gasteiger charge is -2.39. The standard InChI is InChI=1S/C23H26F2N4OS/c24-18-13-17-19(30)5-11-29(14-20-27-8-12-31-20)22(17)21(25)23(18)28-9-3-16(4-10-28)15-1-6-26-7-2-15/h5,8,11-13,15-16,26H,1-4,6-7,9-10,14H2. The highest BCUT2D eigenvalue weighted by Gasteiger charge is 2.30. The van der Waals surface area contributed by atoms with Gasteiger partial charge in [0.2, 0.25) is 0 Å². The van der Waals surface area contributed by atoms with Crippen LogP contribution in [0.25, 0.3) is 10.9 Å². The molecule has 1 aromatic carbocycles. The van der Waals surface area contributed by atoms with Gasteiger partial charge in [0.05, 0.1) is 17.4 Å². The molecule has 2 aliphatic heterocycles. The van der Waals surface area contributed by atoms with Crippen LogP contribution in [-0.4, -0.2) is 35.7 Å². The Kier molecular flexibility index (Phi) is 5.75. The number of hydrogen-bond donors (Lipinski definition) is 1. The maximum Gasteiger partial charge on any atom is 0.189 e. The summed E-state index contributed by atoms with van der Waals surface area (Å²) < 4.78 is 32.5. The number of hydrogen-bond acceptors (Lipinski definition) is 5. The van der Waals surface area contributed by atoms with Crippen molar-refractivity contribution in [2.24, 2.45) is 11.8 Å². The average molecular weight is 445 g/mol. The topological polar surface area (TPSA) is 50.2 Å². The summed E-state index contributed by atoms with van der Waals surface area (Å²) in [7, 11) is 0. The minimum Gasteiger partial charge on any atom is -0.367 e. The molecule has 0 radical (unpaired) electrons. The summed E-state index contributed by atoms with van der Waals surface area (Å²) in [5.41, 5.74) is -0.228. The molecule has 31 heavy (non-hydrogen) atoms. The summed E-state index contributed by atoms with van der Waals surface area (Å²) >= 11 is 1.46. The molecule has 2 fully saturated rings. The molecule has 0 aliphatic carbocycles. The van der Waals surface area contributed by atoms with Crippen LogP contribution >= 0.6 is 11.3 Å². The maximum atomic E-state index is 15.8. The molecule has 0 bridgehead atoms. The van der Waals surface area contributed by atoms with Crippen molar-refractivity contribution in [2.45, 2.75) is 32.2 Å². The van der Waals surface area contributed by atoms with Crippen LogP contribution in [0.3, 0.4) is 0 Å². The molecular weight excluding hydrogens is 418 g/mol. The van der Waals surface area contributed by atoms with E-state index in [0.717, 1.165) is 30.9 Å². The van der Waals surface area contributed by atoms with Crippen LogP contribution in [0.5, 0.6) is 0 Å². The maximum absolute atomic E-state index is 15.8. The Hall–Kier alpha value is -2.32. The Morgan fingerprint density at radius 3 is 2.58 bits per heavy atom. The lowest BCUT2D eigenvalue weighted by Crippen LogP contribution is -2.40. The highest BCUT2D eigenvalue weighted by atomic mass is 32.1. The van der Waals surface area contributed by atoms with Gasteiger partial charge in [-0.3, -0.25) is 4.79 Å². The number of nitrogens with zero attached hydrogens (tertiary/aromatic N) is 3. The van der Waals surface area contributed by atoms with Crippen molar-refractivity contribution >= 4 is 27.9 Å². The fourth-order valence-electron chi connectivity index (χ4n) is 5.20. The zero-order valence-electron chi connectivity index (χ0n) is 17.3. The number of halogens is 2. The van der Waals surface area contributed by atoms with Crippen molar-refractivity contribution in [3.05, 3.63) is 56.8 Å². The van der Waals surface area contributed by atoms with E-state index in [9.17, 15) is 4.79 Å². The summed E-state index contributed by atoms with van der Waals surface area (Å²) in [5, 5.41) is 6.14. The average Bonchev–Trinajstić information content (AvgIpc) is 3.30. The second kappa shape index (κ2) is 8.67. The van der Waals surface area contributed by atoms with Gasteiger partial charge >= 0.3 is 0 Å². The SMILES string of the molecule is O=c1ccn(Cc2nccs2)c2c(F)c(N3CCC(C4CCNCC4)CC3)c(F)cc12. The first-order valence-electron chi connectivity index (χ1n) is 11.0. The summed E-state index contributed by atoms with van der Waals surface area (Å²) in [6.07, 6.45) is 7.53. The number of fused-ring (bicyclic) bond motifs is 1. The minimum absolute atomic E-state index is 0.00486. The number of pyridine rings is 1. The predicted octanol–water partition coefficient (Wildman–Crippen LogP) is 4.00. The number of aromatic nitrogens is 2. The Morgan fingerprint density at radius 1 is 1.13 bits per heavy atom. The fraction of sp³-hybridized carbons (Fsp3) is 0.478. The Balaban J connectivity index is 1.47. The van der Waals surface area contributed by atoms with Gasteiger partial charge in [0.1, 0.15) is 16.5 Å². The van der Waals surface area contributed by atoms with Crippen molar-refractivity contribution < 1.29 is 8.78 Å². The molecule has 0 atom stereocenters. The van der Waals surface area contributed by atoms with Gasteiger partial charge in [-0.15, -0.1) is 11.3 Å². The molecule has 2 aromatic heterocycles. The molecule has 8 heteroatoms. The third kappa shape index (κ3) is 3.99. The number of anilines is 1. The minimum atomic E-state index is -0.658. The second-order valence-electron chi connectivity index (χ2n) is 8.56. The summed E-state index contributed by atoms with van der Waals surface area (Å²) in [6, 6.07) is 2.56. The Labute approximate surface area is 183 Å². The molecule has 0 amide bonds. The first-order chi connectivity index (χ1) is 15.1. The first kappa shape index (κ1) is 20.6. The number of rotatable bonds is 4. The fourth-order valence-corrected chi connectivity index (χ4v) is 5.81. The summed E-state index contributed by atoms with van der Waals surface area (Å²) in [5.74, 6) is 0.0187. The Bertz CT molecular complexity index is 1120. The van der Waals surface area contributed by atoms with Gasteiger partial charge in [-0.1, -0.05) is 0 Å². The van der Waals surface area contributed by atoms with E-state index in [2.05, 4.69) is 10.3 Å². The monoisotopic (exact) mass is 444 g/mol. The van der Waals surface area contributed by atoms with E-state index in [-0.39, 0.29) is 22.0 Å². The molecule has 3 aromatic rings. The van der Waals surface area contributed by atoms with Crippen molar-refractivity contribution in [1.82, 2.24) is 14.9 Å². The van der Waals surface area contributed by atoms with Crippen LogP contribution in [0.15, 0.2) is 34.7 Å². The molecule has 5 rings (SSSR count). The van der Waals surface area contributed by atoms with Gasteiger partial charge in [0.25, 0.3) is 0 Å². The smallest absolute Gasteiger partial charge is 0.189 e. The van der Waals surface area contributed by atoms with Crippen LogP contribution in [0.4, 0.5) is 14.5 Å². The molecular formula is C23H26F2N4OS. The van der Waals surface area contributed by atoms with Crippen LogP contribution in [0.2, 0.25) is 0 Å². The van der Waals surface area contributed by atoms with Crippen molar-refractivity contribution in [1.29, 1.82) is 0 Å². The van der Waals surface area contributed by atoms with Gasteiger partial charge in [-0.2, -0.15) is 0 Å². The van der Waals surface area contributed by atoms with Gasteiger partial charge in [0.15, 0.2) is 11.2 Å². The van der Waals surface area contributed by atoms with Crippen LogP contribution < -0.4 is 15.6 Å². The molecule has 164 valence electrons. The van der Waals surface area contributed by atoms with Crippen molar-refractivity contribution in [3.63, 3.8) is 0 Å². The second-order valence-corrected chi connectivity index (χ2v) is 9.54. The first-order valence-corrected chi connectivity index (χ1v) is 11.8. The number of thiazole rings is 1. The molecule has 2 aliphatic rings. The molecule has 0 unspecified atom stereocenters. The predicted molar refractivity (Wildman–Crippen MR) is 120 cm³/mol. The van der Waals surface area contributed by atoms with E-state index in [1.165, 1.54) is 36.3 Å². The van der Waals surface area contributed by atoms with Gasteiger partial charge in [-0.25, -0.2) is 13.8 Å². The molecule has 0 spiro atoms. The van der Waals surface area contributed by atoms with Gasteiger partial charge in [0, 0.05) is 36.9 Å². The number of benzene rings is 1. The summed E-state index contributed by atoms with van der Waals surface area (Å²) in [6.45, 7) is 3.74. The third-order valence-corrected chi connectivity index (χ3v) is 7.59. The third-order valence-electron chi connectivity index (χ3n) is 6.82. The van der Waals surface area contributed by atoms with E-state index in [4.69, 9.17) is 0 Å². The van der Waals surface area contributed by atoms with Gasteiger partial charge in [-0.05, 0) is 56.7 Å². The van der Waals surface area contributed by atoms with Crippen LogP contribution in [0.1, 0.15) is 30.7 Å². The number of nitrogens with one attached hydrogen (secondary N) is 1. The normalized spacial score (nSPS) is 18.7. The highest BCUT2D eigenvalue weighted by molar-refractivity contribution is 7.09. The van der Waals surface area contributed by atoms with Crippen molar-refractivity contribution in [3.8, 4) is 0 Å². The van der Waals surface area contributed by atoms with Crippen LogP contribution in [-0.2, 0) is 6.54 Å².